The Morgan fingerprint density at radius 2 is 1.25 bits per heavy atom. The van der Waals surface area contributed by atoms with Crippen molar-refractivity contribution in [2.45, 2.75) is 78.6 Å². The maximum absolute atomic E-state index is 11.5. The van der Waals surface area contributed by atoms with Crippen LogP contribution in [0.4, 0.5) is 0 Å². The first-order valence-electron chi connectivity index (χ1n) is 8.45. The molecule has 0 aliphatic heterocycles. The highest BCUT2D eigenvalue weighted by Gasteiger charge is 2.43. The van der Waals surface area contributed by atoms with E-state index in [4.69, 9.17) is 0 Å². The van der Waals surface area contributed by atoms with Crippen LogP contribution in [0.1, 0.15) is 78.6 Å². The van der Waals surface area contributed by atoms with Gasteiger partial charge in [0.1, 0.15) is 11.6 Å². The van der Waals surface area contributed by atoms with Crippen LogP contribution in [0.25, 0.3) is 0 Å². The minimum Gasteiger partial charge on any atom is -0.300 e. The highest BCUT2D eigenvalue weighted by atomic mass is 16.1. The van der Waals surface area contributed by atoms with Crippen molar-refractivity contribution in [3.05, 3.63) is 0 Å². The zero-order chi connectivity index (χ0) is 14.8. The van der Waals surface area contributed by atoms with Gasteiger partial charge in [-0.1, -0.05) is 20.8 Å². The van der Waals surface area contributed by atoms with Gasteiger partial charge < -0.3 is 0 Å². The number of hydrogen-bond donors (Lipinski definition) is 0. The van der Waals surface area contributed by atoms with Crippen LogP contribution >= 0.6 is 0 Å². The molecular weight excluding hydrogens is 248 g/mol. The molecule has 2 fully saturated rings. The number of rotatable bonds is 4. The zero-order valence-corrected chi connectivity index (χ0v) is 13.4. The maximum atomic E-state index is 11.5. The molecule has 2 aliphatic carbocycles. The number of ketones is 2. The highest BCUT2D eigenvalue weighted by Crippen LogP contribution is 2.51. The number of Topliss-reactive ketones (excluding diaryl/α,β-unsaturated/α-hetero) is 2. The largest absolute Gasteiger partial charge is 0.300 e. The quantitative estimate of drug-likeness (QED) is 0.755. The van der Waals surface area contributed by atoms with Crippen molar-refractivity contribution in [1.82, 2.24) is 0 Å². The van der Waals surface area contributed by atoms with Gasteiger partial charge >= 0.3 is 0 Å². The average molecular weight is 278 g/mol. The van der Waals surface area contributed by atoms with Gasteiger partial charge in [0, 0.05) is 25.7 Å². The van der Waals surface area contributed by atoms with Crippen LogP contribution in [0.3, 0.4) is 0 Å². The van der Waals surface area contributed by atoms with Crippen molar-refractivity contribution >= 4 is 11.6 Å². The van der Waals surface area contributed by atoms with Crippen LogP contribution in [0, 0.1) is 23.2 Å². The van der Waals surface area contributed by atoms with Crippen molar-refractivity contribution in [2.24, 2.45) is 23.2 Å². The Labute approximate surface area is 123 Å². The summed E-state index contributed by atoms with van der Waals surface area (Å²) in [4.78, 5) is 23.1. The molecule has 0 amide bonds. The van der Waals surface area contributed by atoms with Crippen molar-refractivity contribution in [2.75, 3.05) is 0 Å². The molecule has 2 nitrogen and oxygen atoms in total. The van der Waals surface area contributed by atoms with Crippen molar-refractivity contribution in [1.29, 1.82) is 0 Å². The lowest BCUT2D eigenvalue weighted by atomic mass is 9.57. The molecule has 0 spiro atoms. The highest BCUT2D eigenvalue weighted by molar-refractivity contribution is 5.79. The first-order chi connectivity index (χ1) is 9.41. The Bertz CT molecular complexity index is 322. The smallest absolute Gasteiger partial charge is 0.132 e. The van der Waals surface area contributed by atoms with E-state index in [1.807, 2.05) is 0 Å². The summed E-state index contributed by atoms with van der Waals surface area (Å²) < 4.78 is 0. The molecule has 0 aromatic rings. The predicted molar refractivity (Wildman–Crippen MR) is 81.5 cm³/mol. The van der Waals surface area contributed by atoms with E-state index in [2.05, 4.69) is 20.8 Å². The van der Waals surface area contributed by atoms with Crippen LogP contribution in [-0.2, 0) is 9.59 Å². The lowest BCUT2D eigenvalue weighted by Crippen LogP contribution is -2.40. The summed E-state index contributed by atoms with van der Waals surface area (Å²) in [7, 11) is 0. The summed E-state index contributed by atoms with van der Waals surface area (Å²) in [6.07, 6.45) is 8.67. The normalized spacial score (nSPS) is 23.6. The lowest BCUT2D eigenvalue weighted by Gasteiger charge is -2.48. The second-order valence-electron chi connectivity index (χ2n) is 7.73. The Kier molecular flexibility index (Phi) is 5.04. The molecule has 20 heavy (non-hydrogen) atoms. The lowest BCUT2D eigenvalue weighted by molar-refractivity contribution is -0.124. The molecule has 2 heteroatoms. The second kappa shape index (κ2) is 6.41. The molecule has 2 rings (SSSR count). The Balaban J connectivity index is 2.11. The molecule has 0 heterocycles. The summed E-state index contributed by atoms with van der Waals surface area (Å²) in [5.41, 5.74) is 0.329. The Morgan fingerprint density at radius 1 is 0.900 bits per heavy atom. The van der Waals surface area contributed by atoms with Gasteiger partial charge in [0.05, 0.1) is 0 Å². The SMILES string of the molecule is CC(C)CC(C)(C1CCC(=O)CC1)C1CCC(=O)CC1. The molecule has 2 saturated carbocycles. The maximum Gasteiger partial charge on any atom is 0.132 e. The van der Waals surface area contributed by atoms with Gasteiger partial charge in [-0.25, -0.2) is 0 Å². The van der Waals surface area contributed by atoms with Gasteiger partial charge in [-0.05, 0) is 55.3 Å². The molecule has 0 radical (unpaired) electrons. The Hall–Kier alpha value is -0.660. The third-order valence-corrected chi connectivity index (χ3v) is 5.80. The van der Waals surface area contributed by atoms with E-state index in [9.17, 15) is 9.59 Å². The van der Waals surface area contributed by atoms with E-state index < -0.39 is 0 Å². The Morgan fingerprint density at radius 3 is 1.55 bits per heavy atom. The minimum absolute atomic E-state index is 0.329. The van der Waals surface area contributed by atoms with Gasteiger partial charge in [-0.15, -0.1) is 0 Å². The first kappa shape index (κ1) is 15.7. The number of carbonyl (C=O) groups excluding carboxylic acids is 2. The van der Waals surface area contributed by atoms with E-state index in [1.165, 1.54) is 6.42 Å². The fourth-order valence-electron chi connectivity index (χ4n) is 4.74. The van der Waals surface area contributed by atoms with Crippen LogP contribution in [-0.4, -0.2) is 11.6 Å². The standard InChI is InChI=1S/C18H30O2/c1-13(2)12-18(3,14-4-8-16(19)9-5-14)15-6-10-17(20)11-7-15/h13-15H,4-12H2,1-3H3. The van der Waals surface area contributed by atoms with Crippen LogP contribution in [0.2, 0.25) is 0 Å². The van der Waals surface area contributed by atoms with Gasteiger partial charge in [-0.3, -0.25) is 9.59 Å². The number of hydrogen-bond acceptors (Lipinski definition) is 2. The molecule has 0 atom stereocenters. The molecule has 0 aromatic carbocycles. The van der Waals surface area contributed by atoms with Crippen LogP contribution in [0.5, 0.6) is 0 Å². The summed E-state index contributed by atoms with van der Waals surface area (Å²) >= 11 is 0. The molecule has 2 aliphatic rings. The van der Waals surface area contributed by atoms with E-state index >= 15 is 0 Å². The fraction of sp³-hybridized carbons (Fsp3) is 0.889. The third kappa shape index (κ3) is 3.51. The summed E-state index contributed by atoms with van der Waals surface area (Å²) in [5, 5.41) is 0. The molecule has 114 valence electrons. The van der Waals surface area contributed by atoms with E-state index in [-0.39, 0.29) is 0 Å². The van der Waals surface area contributed by atoms with E-state index in [0.717, 1.165) is 51.4 Å². The van der Waals surface area contributed by atoms with Crippen molar-refractivity contribution in [3.63, 3.8) is 0 Å². The minimum atomic E-state index is 0.329. The molecule has 0 N–H and O–H groups in total. The molecular formula is C18H30O2. The van der Waals surface area contributed by atoms with Gasteiger partial charge in [0.15, 0.2) is 0 Å². The van der Waals surface area contributed by atoms with Crippen molar-refractivity contribution in [3.8, 4) is 0 Å². The van der Waals surface area contributed by atoms with Gasteiger partial charge in [0.2, 0.25) is 0 Å². The fourth-order valence-corrected chi connectivity index (χ4v) is 4.74. The van der Waals surface area contributed by atoms with E-state index in [1.54, 1.807) is 0 Å². The van der Waals surface area contributed by atoms with Gasteiger partial charge in [0.25, 0.3) is 0 Å². The summed E-state index contributed by atoms with van der Waals surface area (Å²) in [6.45, 7) is 7.06. The van der Waals surface area contributed by atoms with Crippen LogP contribution in [0.15, 0.2) is 0 Å². The molecule has 0 aromatic heterocycles. The second-order valence-corrected chi connectivity index (χ2v) is 7.73. The topological polar surface area (TPSA) is 34.1 Å². The summed E-state index contributed by atoms with van der Waals surface area (Å²) in [6, 6.07) is 0. The first-order valence-corrected chi connectivity index (χ1v) is 8.45. The zero-order valence-electron chi connectivity index (χ0n) is 13.4. The molecule has 0 bridgehead atoms. The monoisotopic (exact) mass is 278 g/mol. The van der Waals surface area contributed by atoms with E-state index in [0.29, 0.717) is 34.7 Å². The predicted octanol–water partition coefficient (Wildman–Crippen LogP) is 4.56. The molecule has 0 unspecified atom stereocenters. The number of carbonyl (C=O) groups is 2. The van der Waals surface area contributed by atoms with Crippen LogP contribution < -0.4 is 0 Å². The average Bonchev–Trinajstić information content (AvgIpc) is 2.39. The molecule has 0 saturated heterocycles. The van der Waals surface area contributed by atoms with Gasteiger partial charge in [-0.2, -0.15) is 0 Å². The van der Waals surface area contributed by atoms with Crippen molar-refractivity contribution < 1.29 is 9.59 Å². The summed E-state index contributed by atoms with van der Waals surface area (Å²) in [5.74, 6) is 2.95. The third-order valence-electron chi connectivity index (χ3n) is 5.80.